The van der Waals surface area contributed by atoms with Crippen LogP contribution >= 0.6 is 11.3 Å². The summed E-state index contributed by atoms with van der Waals surface area (Å²) in [6.07, 6.45) is 5.15. The van der Waals surface area contributed by atoms with E-state index in [4.69, 9.17) is 0 Å². The second kappa shape index (κ2) is 5.68. The van der Waals surface area contributed by atoms with E-state index in [0.717, 1.165) is 6.54 Å². The lowest BCUT2D eigenvalue weighted by molar-refractivity contribution is 0.106. The Morgan fingerprint density at radius 1 is 1.44 bits per heavy atom. The molecule has 0 spiro atoms. The fourth-order valence-corrected chi connectivity index (χ4v) is 3.35. The van der Waals surface area contributed by atoms with Crippen molar-refractivity contribution in [2.24, 2.45) is 0 Å². The standard InChI is InChI=1S/C14H25N3S/c1-11-13(18-10-16-11)9-15-12-5-7-14(2,8-6-12)17(3)4/h10,12,15H,5-9H2,1-4H3. The van der Waals surface area contributed by atoms with Crippen molar-refractivity contribution in [3.63, 3.8) is 0 Å². The van der Waals surface area contributed by atoms with Crippen LogP contribution in [0.15, 0.2) is 5.51 Å². The SMILES string of the molecule is Cc1ncsc1CNC1CCC(C)(N(C)C)CC1. The molecule has 2 rings (SSSR count). The second-order valence-electron chi connectivity index (χ2n) is 5.91. The van der Waals surface area contributed by atoms with Crippen LogP contribution in [0.4, 0.5) is 0 Å². The van der Waals surface area contributed by atoms with Gasteiger partial charge < -0.3 is 10.2 Å². The number of aromatic nitrogens is 1. The molecule has 0 unspecified atom stereocenters. The predicted molar refractivity (Wildman–Crippen MR) is 78.0 cm³/mol. The third-order valence-electron chi connectivity index (χ3n) is 4.54. The largest absolute Gasteiger partial charge is 0.309 e. The van der Waals surface area contributed by atoms with Gasteiger partial charge in [0.05, 0.1) is 11.2 Å². The number of hydrogen-bond acceptors (Lipinski definition) is 4. The maximum atomic E-state index is 4.30. The van der Waals surface area contributed by atoms with Gasteiger partial charge in [-0.3, -0.25) is 0 Å². The minimum atomic E-state index is 0.401. The molecule has 0 amide bonds. The van der Waals surface area contributed by atoms with Crippen LogP contribution in [0.3, 0.4) is 0 Å². The fourth-order valence-electron chi connectivity index (χ4n) is 2.62. The van der Waals surface area contributed by atoms with Crippen molar-refractivity contribution >= 4 is 11.3 Å². The smallest absolute Gasteiger partial charge is 0.0798 e. The van der Waals surface area contributed by atoms with E-state index in [0.29, 0.717) is 11.6 Å². The number of hydrogen-bond donors (Lipinski definition) is 1. The number of nitrogens with zero attached hydrogens (tertiary/aromatic N) is 2. The van der Waals surface area contributed by atoms with E-state index in [1.54, 1.807) is 11.3 Å². The van der Waals surface area contributed by atoms with Crippen LogP contribution < -0.4 is 5.32 Å². The van der Waals surface area contributed by atoms with Crippen LogP contribution in [-0.2, 0) is 6.54 Å². The summed E-state index contributed by atoms with van der Waals surface area (Å²) in [7, 11) is 4.41. The number of aryl methyl sites for hydroxylation is 1. The summed E-state index contributed by atoms with van der Waals surface area (Å²) < 4.78 is 0. The summed E-state index contributed by atoms with van der Waals surface area (Å²) in [5.41, 5.74) is 3.52. The summed E-state index contributed by atoms with van der Waals surface area (Å²) in [5.74, 6) is 0. The summed E-state index contributed by atoms with van der Waals surface area (Å²) in [6, 6.07) is 0.680. The molecule has 0 aromatic carbocycles. The molecular weight excluding hydrogens is 242 g/mol. The molecule has 4 heteroatoms. The van der Waals surface area contributed by atoms with Crippen LogP contribution in [-0.4, -0.2) is 35.6 Å². The molecule has 1 heterocycles. The van der Waals surface area contributed by atoms with Gasteiger partial charge in [0.1, 0.15) is 0 Å². The second-order valence-corrected chi connectivity index (χ2v) is 6.85. The van der Waals surface area contributed by atoms with Gasteiger partial charge >= 0.3 is 0 Å². The first-order valence-corrected chi connectivity index (χ1v) is 7.69. The van der Waals surface area contributed by atoms with Crippen LogP contribution in [0.5, 0.6) is 0 Å². The normalized spacial score (nSPS) is 28.8. The van der Waals surface area contributed by atoms with Gasteiger partial charge in [-0.1, -0.05) is 0 Å². The Balaban J connectivity index is 1.79. The molecule has 1 saturated carbocycles. The average molecular weight is 267 g/mol. The third kappa shape index (κ3) is 3.11. The summed E-state index contributed by atoms with van der Waals surface area (Å²) in [4.78, 5) is 8.07. The van der Waals surface area contributed by atoms with Gasteiger partial charge in [0.2, 0.25) is 0 Å². The predicted octanol–water partition coefficient (Wildman–Crippen LogP) is 2.80. The molecule has 1 aromatic heterocycles. The van der Waals surface area contributed by atoms with E-state index < -0.39 is 0 Å². The third-order valence-corrected chi connectivity index (χ3v) is 5.47. The zero-order valence-corrected chi connectivity index (χ0v) is 12.8. The number of nitrogens with one attached hydrogen (secondary N) is 1. The van der Waals surface area contributed by atoms with Gasteiger partial charge in [0.15, 0.2) is 0 Å². The van der Waals surface area contributed by atoms with Gasteiger partial charge in [-0.15, -0.1) is 11.3 Å². The van der Waals surface area contributed by atoms with E-state index in [9.17, 15) is 0 Å². The molecule has 18 heavy (non-hydrogen) atoms. The van der Waals surface area contributed by atoms with E-state index in [-0.39, 0.29) is 0 Å². The van der Waals surface area contributed by atoms with Crippen molar-refractivity contribution < 1.29 is 0 Å². The molecule has 3 nitrogen and oxygen atoms in total. The van der Waals surface area contributed by atoms with E-state index >= 15 is 0 Å². The van der Waals surface area contributed by atoms with Crippen molar-refractivity contribution in [1.82, 2.24) is 15.2 Å². The molecule has 1 aliphatic rings. The Bertz CT molecular complexity index is 378. The Morgan fingerprint density at radius 3 is 2.61 bits per heavy atom. The highest BCUT2D eigenvalue weighted by atomic mass is 32.1. The Kier molecular flexibility index (Phi) is 4.41. The Labute approximate surface area is 115 Å². The zero-order chi connectivity index (χ0) is 13.2. The first kappa shape index (κ1) is 14.0. The Morgan fingerprint density at radius 2 is 2.11 bits per heavy atom. The first-order valence-electron chi connectivity index (χ1n) is 6.81. The van der Waals surface area contributed by atoms with Crippen LogP contribution in [0.25, 0.3) is 0 Å². The summed E-state index contributed by atoms with van der Waals surface area (Å²) in [5, 5.41) is 3.69. The van der Waals surface area contributed by atoms with Gasteiger partial charge in [0, 0.05) is 23.0 Å². The van der Waals surface area contributed by atoms with Gasteiger partial charge in [-0.2, -0.15) is 0 Å². The molecular formula is C14H25N3S. The quantitative estimate of drug-likeness (QED) is 0.909. The minimum Gasteiger partial charge on any atom is -0.309 e. The summed E-state index contributed by atoms with van der Waals surface area (Å²) in [6.45, 7) is 5.47. The molecule has 0 aliphatic heterocycles. The molecule has 0 saturated heterocycles. The van der Waals surface area contributed by atoms with Crippen molar-refractivity contribution in [2.75, 3.05) is 14.1 Å². The van der Waals surface area contributed by atoms with Crippen LogP contribution in [0.1, 0.15) is 43.2 Å². The van der Waals surface area contributed by atoms with Crippen LogP contribution in [0.2, 0.25) is 0 Å². The van der Waals surface area contributed by atoms with Crippen molar-refractivity contribution in [3.8, 4) is 0 Å². The molecule has 1 aromatic rings. The van der Waals surface area contributed by atoms with Crippen molar-refractivity contribution in [2.45, 2.75) is 57.7 Å². The van der Waals surface area contributed by atoms with Crippen molar-refractivity contribution in [3.05, 3.63) is 16.1 Å². The topological polar surface area (TPSA) is 28.2 Å². The fraction of sp³-hybridized carbons (Fsp3) is 0.786. The first-order chi connectivity index (χ1) is 8.51. The van der Waals surface area contributed by atoms with Crippen LogP contribution in [0, 0.1) is 6.92 Å². The molecule has 0 atom stereocenters. The molecule has 0 radical (unpaired) electrons. The van der Waals surface area contributed by atoms with Gasteiger partial charge in [-0.25, -0.2) is 4.98 Å². The van der Waals surface area contributed by atoms with Gasteiger partial charge in [-0.05, 0) is 53.6 Å². The highest BCUT2D eigenvalue weighted by molar-refractivity contribution is 7.09. The lowest BCUT2D eigenvalue weighted by atomic mass is 9.80. The highest BCUT2D eigenvalue weighted by Crippen LogP contribution is 2.31. The maximum Gasteiger partial charge on any atom is 0.0798 e. The molecule has 1 aliphatic carbocycles. The average Bonchev–Trinajstić information content (AvgIpc) is 2.74. The molecule has 102 valence electrons. The van der Waals surface area contributed by atoms with E-state index in [1.165, 1.54) is 36.3 Å². The minimum absolute atomic E-state index is 0.401. The monoisotopic (exact) mass is 267 g/mol. The molecule has 1 fully saturated rings. The maximum absolute atomic E-state index is 4.30. The van der Waals surface area contributed by atoms with Crippen molar-refractivity contribution in [1.29, 1.82) is 0 Å². The lowest BCUT2D eigenvalue weighted by Crippen LogP contribution is -2.47. The number of thiazole rings is 1. The zero-order valence-electron chi connectivity index (χ0n) is 12.0. The molecule has 1 N–H and O–H groups in total. The highest BCUT2D eigenvalue weighted by Gasteiger charge is 2.32. The van der Waals surface area contributed by atoms with E-state index in [1.807, 2.05) is 5.51 Å². The molecule has 0 bridgehead atoms. The number of rotatable bonds is 4. The lowest BCUT2D eigenvalue weighted by Gasteiger charge is -2.42. The van der Waals surface area contributed by atoms with E-state index in [2.05, 4.69) is 43.1 Å². The van der Waals surface area contributed by atoms with Gasteiger partial charge in [0.25, 0.3) is 0 Å². The Hall–Kier alpha value is -0.450. The summed E-state index contributed by atoms with van der Waals surface area (Å²) >= 11 is 1.76.